The Hall–Kier alpha value is -1.02. The van der Waals surface area contributed by atoms with Crippen molar-refractivity contribution < 1.29 is 5.11 Å². The number of hydrogen-bond donors (Lipinski definition) is 1. The van der Waals surface area contributed by atoms with Crippen LogP contribution < -0.4 is 0 Å². The predicted octanol–water partition coefficient (Wildman–Crippen LogP) is 2.37. The van der Waals surface area contributed by atoms with E-state index in [0.29, 0.717) is 11.7 Å². The van der Waals surface area contributed by atoms with E-state index in [2.05, 4.69) is 18.0 Å². The normalized spacial score (nSPS) is 29.6. The summed E-state index contributed by atoms with van der Waals surface area (Å²) >= 11 is 0. The lowest BCUT2D eigenvalue weighted by Crippen LogP contribution is -2.26. The molecule has 2 heteroatoms. The van der Waals surface area contributed by atoms with Crippen molar-refractivity contribution in [3.63, 3.8) is 0 Å². The van der Waals surface area contributed by atoms with Gasteiger partial charge < -0.3 is 10.0 Å². The average Bonchev–Trinajstić information content (AvgIpc) is 2.40. The second-order valence-electron chi connectivity index (χ2n) is 5.44. The van der Waals surface area contributed by atoms with Crippen molar-refractivity contribution in [1.29, 1.82) is 0 Å². The Morgan fingerprint density at radius 1 is 1.38 bits per heavy atom. The van der Waals surface area contributed by atoms with Gasteiger partial charge in [-0.2, -0.15) is 0 Å². The molecule has 1 aliphatic heterocycles. The minimum atomic E-state index is 0.426. The first kappa shape index (κ1) is 10.2. The molecule has 0 aromatic heterocycles. The van der Waals surface area contributed by atoms with Gasteiger partial charge in [-0.05, 0) is 68.0 Å². The summed E-state index contributed by atoms with van der Waals surface area (Å²) < 4.78 is 0. The molecule has 2 aliphatic rings. The van der Waals surface area contributed by atoms with Gasteiger partial charge in [0.2, 0.25) is 0 Å². The Balaban J connectivity index is 1.99. The van der Waals surface area contributed by atoms with Crippen molar-refractivity contribution in [2.24, 2.45) is 5.92 Å². The molecule has 3 rings (SSSR count). The Labute approximate surface area is 96.9 Å². The van der Waals surface area contributed by atoms with Crippen LogP contribution in [0.5, 0.6) is 5.75 Å². The first-order valence-corrected chi connectivity index (χ1v) is 6.22. The molecule has 1 heterocycles. The van der Waals surface area contributed by atoms with Crippen LogP contribution in [-0.2, 0) is 6.42 Å². The van der Waals surface area contributed by atoms with Gasteiger partial charge in [-0.25, -0.2) is 0 Å². The lowest BCUT2D eigenvalue weighted by Gasteiger charge is -2.29. The molecule has 1 aromatic carbocycles. The third kappa shape index (κ3) is 1.71. The number of rotatable bonds is 0. The summed E-state index contributed by atoms with van der Waals surface area (Å²) in [5.74, 6) is 1.91. The highest BCUT2D eigenvalue weighted by atomic mass is 16.3. The van der Waals surface area contributed by atoms with Crippen molar-refractivity contribution >= 4 is 0 Å². The molecule has 2 nitrogen and oxygen atoms in total. The van der Waals surface area contributed by atoms with Crippen LogP contribution in [0, 0.1) is 5.92 Å². The second-order valence-corrected chi connectivity index (χ2v) is 5.44. The van der Waals surface area contributed by atoms with E-state index in [4.69, 9.17) is 0 Å². The molecule has 0 amide bonds. The first-order chi connectivity index (χ1) is 7.72. The van der Waals surface area contributed by atoms with Gasteiger partial charge in [-0.1, -0.05) is 6.07 Å². The number of nitrogens with zero attached hydrogens (tertiary/aromatic N) is 1. The van der Waals surface area contributed by atoms with Crippen LogP contribution >= 0.6 is 0 Å². The molecular formula is C14H19NO. The summed E-state index contributed by atoms with van der Waals surface area (Å²) in [5, 5.41) is 9.60. The maximum atomic E-state index is 9.60. The highest BCUT2D eigenvalue weighted by Gasteiger charge is 2.30. The molecule has 0 radical (unpaired) electrons. The molecule has 1 N–H and O–H groups in total. The Bertz CT molecular complexity index is 402. The SMILES string of the molecule is CN1CC[C@@H]2CC(Cc3ccc(O)cc32)C1. The van der Waals surface area contributed by atoms with Crippen LogP contribution in [0.2, 0.25) is 0 Å². The molecular weight excluding hydrogens is 198 g/mol. The fourth-order valence-corrected chi connectivity index (χ4v) is 3.39. The van der Waals surface area contributed by atoms with E-state index >= 15 is 0 Å². The number of likely N-dealkylation sites (tertiary alicyclic amines) is 1. The van der Waals surface area contributed by atoms with Gasteiger partial charge in [0.25, 0.3) is 0 Å². The van der Waals surface area contributed by atoms with E-state index < -0.39 is 0 Å². The van der Waals surface area contributed by atoms with E-state index in [1.54, 1.807) is 0 Å². The Morgan fingerprint density at radius 3 is 3.12 bits per heavy atom. The quantitative estimate of drug-likeness (QED) is 0.721. The molecule has 2 bridgehead atoms. The summed E-state index contributed by atoms with van der Waals surface area (Å²) in [6.45, 7) is 2.42. The third-order valence-corrected chi connectivity index (χ3v) is 4.12. The first-order valence-electron chi connectivity index (χ1n) is 6.22. The van der Waals surface area contributed by atoms with Crippen LogP contribution in [-0.4, -0.2) is 30.1 Å². The summed E-state index contributed by atoms with van der Waals surface area (Å²) in [6, 6.07) is 5.94. The number of aromatic hydroxyl groups is 1. The maximum Gasteiger partial charge on any atom is 0.115 e. The monoisotopic (exact) mass is 217 g/mol. The van der Waals surface area contributed by atoms with E-state index in [1.165, 1.54) is 43.5 Å². The van der Waals surface area contributed by atoms with Crippen LogP contribution in [0.15, 0.2) is 18.2 Å². The van der Waals surface area contributed by atoms with Gasteiger partial charge in [0, 0.05) is 6.54 Å². The second kappa shape index (κ2) is 3.77. The minimum absolute atomic E-state index is 0.426. The van der Waals surface area contributed by atoms with Gasteiger partial charge in [-0.3, -0.25) is 0 Å². The van der Waals surface area contributed by atoms with Crippen molar-refractivity contribution in [2.75, 3.05) is 20.1 Å². The molecule has 86 valence electrons. The van der Waals surface area contributed by atoms with Crippen LogP contribution in [0.1, 0.15) is 29.9 Å². The van der Waals surface area contributed by atoms with Crippen LogP contribution in [0.3, 0.4) is 0 Å². The fourth-order valence-electron chi connectivity index (χ4n) is 3.39. The lowest BCUT2D eigenvalue weighted by atomic mass is 9.76. The number of hydrogen-bond acceptors (Lipinski definition) is 2. The fraction of sp³-hybridized carbons (Fsp3) is 0.571. The van der Waals surface area contributed by atoms with Crippen molar-refractivity contribution in [3.05, 3.63) is 29.3 Å². The summed E-state index contributed by atoms with van der Waals surface area (Å²) in [6.07, 6.45) is 3.74. The summed E-state index contributed by atoms with van der Waals surface area (Å²) in [4.78, 5) is 2.45. The van der Waals surface area contributed by atoms with E-state index in [9.17, 15) is 5.11 Å². The number of fused-ring (bicyclic) bond motifs is 4. The molecule has 1 saturated heterocycles. The summed E-state index contributed by atoms with van der Waals surface area (Å²) in [7, 11) is 2.23. The van der Waals surface area contributed by atoms with Crippen molar-refractivity contribution in [1.82, 2.24) is 4.90 Å². The average molecular weight is 217 g/mol. The van der Waals surface area contributed by atoms with Crippen molar-refractivity contribution in [3.8, 4) is 5.75 Å². The maximum absolute atomic E-state index is 9.60. The smallest absolute Gasteiger partial charge is 0.115 e. The molecule has 16 heavy (non-hydrogen) atoms. The largest absolute Gasteiger partial charge is 0.508 e. The Kier molecular flexibility index (Phi) is 2.40. The molecule has 0 saturated carbocycles. The molecule has 0 spiro atoms. The van der Waals surface area contributed by atoms with Crippen LogP contribution in [0.4, 0.5) is 0 Å². The molecule has 1 aromatic rings. The van der Waals surface area contributed by atoms with Gasteiger partial charge in [0.15, 0.2) is 0 Å². The third-order valence-electron chi connectivity index (χ3n) is 4.12. The zero-order valence-electron chi connectivity index (χ0n) is 9.82. The highest BCUT2D eigenvalue weighted by molar-refractivity contribution is 5.39. The summed E-state index contributed by atoms with van der Waals surface area (Å²) in [5.41, 5.74) is 2.88. The number of phenolic OH excluding ortho intramolecular Hbond substituents is 1. The van der Waals surface area contributed by atoms with E-state index in [0.717, 1.165) is 5.92 Å². The van der Waals surface area contributed by atoms with Gasteiger partial charge in [-0.15, -0.1) is 0 Å². The van der Waals surface area contributed by atoms with Crippen molar-refractivity contribution in [2.45, 2.75) is 25.2 Å². The molecule has 1 unspecified atom stereocenters. The minimum Gasteiger partial charge on any atom is -0.508 e. The molecule has 2 atom stereocenters. The van der Waals surface area contributed by atoms with Gasteiger partial charge in [0.05, 0.1) is 0 Å². The van der Waals surface area contributed by atoms with E-state index in [-0.39, 0.29) is 0 Å². The number of benzene rings is 1. The Morgan fingerprint density at radius 2 is 2.25 bits per heavy atom. The zero-order valence-corrected chi connectivity index (χ0v) is 9.82. The molecule has 1 aliphatic carbocycles. The zero-order chi connectivity index (χ0) is 11.1. The topological polar surface area (TPSA) is 23.5 Å². The standard InChI is InChI=1S/C14H19NO/c1-15-5-4-12-7-10(9-15)6-11-2-3-13(16)8-14(11)12/h2-3,8,10,12,16H,4-7,9H2,1H3/t10?,12-/m1/s1. The highest BCUT2D eigenvalue weighted by Crippen LogP contribution is 2.40. The predicted molar refractivity (Wildman–Crippen MR) is 64.8 cm³/mol. The van der Waals surface area contributed by atoms with Gasteiger partial charge >= 0.3 is 0 Å². The lowest BCUT2D eigenvalue weighted by molar-refractivity contribution is 0.296. The van der Waals surface area contributed by atoms with Gasteiger partial charge in [0.1, 0.15) is 5.75 Å². The van der Waals surface area contributed by atoms with Crippen LogP contribution in [0.25, 0.3) is 0 Å². The molecule has 1 fully saturated rings. The number of phenols is 1. The van der Waals surface area contributed by atoms with E-state index in [1.807, 2.05) is 12.1 Å².